The quantitative estimate of drug-likeness (QED) is 0.708. The predicted molar refractivity (Wildman–Crippen MR) is 93.1 cm³/mol. The van der Waals surface area contributed by atoms with Gasteiger partial charge in [-0.2, -0.15) is 13.2 Å². The maximum absolute atomic E-state index is 12.4. The van der Waals surface area contributed by atoms with Crippen molar-refractivity contribution >= 4 is 10.0 Å². The molecule has 28 heavy (non-hydrogen) atoms. The fourth-order valence-electron chi connectivity index (χ4n) is 2.25. The molecule has 0 fully saturated rings. The molecule has 0 aliphatic rings. The summed E-state index contributed by atoms with van der Waals surface area (Å²) in [6, 6.07) is 6.05. The Morgan fingerprint density at radius 2 is 1.64 bits per heavy atom. The minimum absolute atomic E-state index is 0.155. The first-order valence-electron chi connectivity index (χ1n) is 7.89. The van der Waals surface area contributed by atoms with Crippen LogP contribution in [0.15, 0.2) is 44.9 Å². The van der Waals surface area contributed by atoms with Crippen LogP contribution in [0, 0.1) is 0 Å². The summed E-state index contributed by atoms with van der Waals surface area (Å²) in [6.45, 7) is -1.75. The summed E-state index contributed by atoms with van der Waals surface area (Å²) in [5, 5.41) is 0. The van der Waals surface area contributed by atoms with Crippen LogP contribution < -0.4 is 16.0 Å². The van der Waals surface area contributed by atoms with E-state index in [2.05, 4.69) is 9.46 Å². The number of hydrogen-bond acceptors (Lipinski definition) is 5. The number of sulfonamides is 1. The Morgan fingerprint density at radius 3 is 2.21 bits per heavy atom. The molecule has 1 heterocycles. The number of rotatable bonds is 7. The van der Waals surface area contributed by atoms with E-state index in [0.717, 1.165) is 10.8 Å². The maximum Gasteiger partial charge on any atom is 0.411 e. The number of aryl methyl sites for hydroxylation is 1. The number of benzene rings is 1. The van der Waals surface area contributed by atoms with Crippen LogP contribution in [0.5, 0.6) is 0 Å². The molecule has 0 aliphatic heterocycles. The Kier molecular flexibility index (Phi) is 6.47. The van der Waals surface area contributed by atoms with E-state index in [1.807, 2.05) is 0 Å². The zero-order valence-corrected chi connectivity index (χ0v) is 15.8. The Balaban J connectivity index is 2.06. The molecule has 0 saturated heterocycles. The Hall–Kier alpha value is -2.44. The van der Waals surface area contributed by atoms with Crippen molar-refractivity contribution < 1.29 is 26.3 Å². The highest BCUT2D eigenvalue weighted by Gasteiger charge is 2.27. The summed E-state index contributed by atoms with van der Waals surface area (Å²) >= 11 is 0. The van der Waals surface area contributed by atoms with Gasteiger partial charge in [0.2, 0.25) is 10.0 Å². The summed E-state index contributed by atoms with van der Waals surface area (Å²) in [7, 11) is -1.69. The first-order chi connectivity index (χ1) is 12.9. The lowest BCUT2D eigenvalue weighted by Crippen LogP contribution is -2.41. The van der Waals surface area contributed by atoms with Crippen molar-refractivity contribution in [3.05, 3.63) is 62.4 Å². The molecule has 2 rings (SSSR count). The largest absolute Gasteiger partial charge is 0.411 e. The molecule has 0 spiro atoms. The zero-order chi connectivity index (χ0) is 21.1. The second-order valence-corrected chi connectivity index (χ2v) is 7.74. The lowest BCUT2D eigenvalue weighted by atomic mass is 10.1. The summed E-state index contributed by atoms with van der Waals surface area (Å²) in [5.41, 5.74) is -0.604. The van der Waals surface area contributed by atoms with E-state index >= 15 is 0 Å². The van der Waals surface area contributed by atoms with Crippen LogP contribution in [0.2, 0.25) is 0 Å². The third-order valence-electron chi connectivity index (χ3n) is 3.73. The maximum atomic E-state index is 12.4. The number of nitrogens with zero attached hydrogens (tertiary/aromatic N) is 2. The van der Waals surface area contributed by atoms with Crippen LogP contribution in [0.1, 0.15) is 11.1 Å². The second kappa shape index (κ2) is 8.29. The number of alkyl halides is 3. The van der Waals surface area contributed by atoms with Gasteiger partial charge in [-0.05, 0) is 11.1 Å². The van der Waals surface area contributed by atoms with Gasteiger partial charge in [0.05, 0.1) is 6.61 Å². The molecule has 1 aromatic heterocycles. The van der Waals surface area contributed by atoms with Crippen molar-refractivity contribution in [1.29, 1.82) is 0 Å². The molecule has 0 aliphatic carbocycles. The predicted octanol–water partition coefficient (Wildman–Crippen LogP) is 0.641. The third-order valence-corrected chi connectivity index (χ3v) is 5.11. The molecule has 0 saturated carbocycles. The summed E-state index contributed by atoms with van der Waals surface area (Å²) in [4.78, 5) is 23.1. The Labute approximate surface area is 158 Å². The van der Waals surface area contributed by atoms with Crippen LogP contribution in [-0.4, -0.2) is 30.3 Å². The van der Waals surface area contributed by atoms with Crippen molar-refractivity contribution in [2.75, 3.05) is 6.61 Å². The second-order valence-electron chi connectivity index (χ2n) is 6.00. The van der Waals surface area contributed by atoms with Gasteiger partial charge in [0.15, 0.2) is 4.90 Å². The minimum Gasteiger partial charge on any atom is -0.367 e. The van der Waals surface area contributed by atoms with Gasteiger partial charge in [-0.1, -0.05) is 24.3 Å². The van der Waals surface area contributed by atoms with Crippen LogP contribution in [0.25, 0.3) is 0 Å². The average molecular weight is 421 g/mol. The highest BCUT2D eigenvalue weighted by Crippen LogP contribution is 2.16. The number of hydrogen-bond donors (Lipinski definition) is 1. The van der Waals surface area contributed by atoms with E-state index in [9.17, 15) is 31.2 Å². The fraction of sp³-hybridized carbons (Fsp3) is 0.375. The molecule has 0 radical (unpaired) electrons. The Morgan fingerprint density at radius 1 is 1.07 bits per heavy atom. The topological polar surface area (TPSA) is 99.4 Å². The molecule has 0 amide bonds. The van der Waals surface area contributed by atoms with Gasteiger partial charge in [0.1, 0.15) is 6.61 Å². The van der Waals surface area contributed by atoms with Gasteiger partial charge in [-0.3, -0.25) is 9.36 Å². The van der Waals surface area contributed by atoms with Crippen molar-refractivity contribution in [2.45, 2.75) is 24.2 Å². The van der Waals surface area contributed by atoms with Crippen molar-refractivity contribution in [3.63, 3.8) is 0 Å². The Bertz CT molecular complexity index is 1060. The smallest absolute Gasteiger partial charge is 0.367 e. The van der Waals surface area contributed by atoms with Crippen molar-refractivity contribution in [3.8, 4) is 0 Å². The van der Waals surface area contributed by atoms with Gasteiger partial charge >= 0.3 is 11.9 Å². The van der Waals surface area contributed by atoms with Gasteiger partial charge in [-0.25, -0.2) is 17.9 Å². The van der Waals surface area contributed by atoms with E-state index in [-0.39, 0.29) is 13.2 Å². The molecule has 1 N–H and O–H groups in total. The van der Waals surface area contributed by atoms with Crippen molar-refractivity contribution in [1.82, 2.24) is 13.9 Å². The molecule has 2 aromatic rings. The monoisotopic (exact) mass is 421 g/mol. The normalized spacial score (nSPS) is 12.3. The van der Waals surface area contributed by atoms with E-state index in [1.165, 1.54) is 38.4 Å². The van der Waals surface area contributed by atoms with Crippen molar-refractivity contribution in [2.24, 2.45) is 14.1 Å². The molecule has 0 atom stereocenters. The van der Waals surface area contributed by atoms with Crippen LogP contribution >= 0.6 is 0 Å². The minimum atomic E-state index is -4.41. The lowest BCUT2D eigenvalue weighted by Gasteiger charge is -2.10. The number of nitrogens with one attached hydrogen (secondary N) is 1. The van der Waals surface area contributed by atoms with E-state index in [4.69, 9.17) is 0 Å². The number of halogens is 3. The van der Waals surface area contributed by atoms with Gasteiger partial charge in [0, 0.05) is 26.8 Å². The molecule has 0 unspecified atom stereocenters. The van der Waals surface area contributed by atoms with Gasteiger partial charge < -0.3 is 9.30 Å². The highest BCUT2D eigenvalue weighted by molar-refractivity contribution is 7.89. The average Bonchev–Trinajstić information content (AvgIpc) is 2.61. The molecule has 12 heteroatoms. The third kappa shape index (κ3) is 5.53. The summed E-state index contributed by atoms with van der Waals surface area (Å²) in [5.74, 6) is 0. The van der Waals surface area contributed by atoms with Crippen LogP contribution in [0.3, 0.4) is 0 Å². The summed E-state index contributed by atoms with van der Waals surface area (Å²) < 4.78 is 69.3. The zero-order valence-electron chi connectivity index (χ0n) is 15.0. The molecule has 8 nitrogen and oxygen atoms in total. The lowest BCUT2D eigenvalue weighted by molar-refractivity contribution is -0.176. The van der Waals surface area contributed by atoms with E-state index in [1.54, 1.807) is 0 Å². The number of aromatic nitrogens is 2. The van der Waals surface area contributed by atoms with Crippen LogP contribution in [0.4, 0.5) is 13.2 Å². The first kappa shape index (κ1) is 21.9. The van der Waals surface area contributed by atoms with Gasteiger partial charge in [-0.15, -0.1) is 0 Å². The standard InChI is InChI=1S/C16H18F3N3O5S/c1-21-8-13(14(23)22(2)15(21)24)28(25,26)20-7-11-3-5-12(6-4-11)9-27-10-16(17,18)19/h3-6,8,20H,7,9-10H2,1-2H3. The molecular weight excluding hydrogens is 403 g/mol. The molecule has 154 valence electrons. The van der Waals surface area contributed by atoms with E-state index in [0.29, 0.717) is 15.7 Å². The van der Waals surface area contributed by atoms with E-state index < -0.39 is 39.0 Å². The molecule has 1 aromatic carbocycles. The molecule has 0 bridgehead atoms. The fourth-order valence-corrected chi connectivity index (χ4v) is 3.43. The van der Waals surface area contributed by atoms with Gasteiger partial charge in [0.25, 0.3) is 5.56 Å². The highest BCUT2D eigenvalue weighted by atomic mass is 32.2. The first-order valence-corrected chi connectivity index (χ1v) is 9.37. The number of ether oxygens (including phenoxy) is 1. The van der Waals surface area contributed by atoms with Crippen LogP contribution in [-0.2, 0) is 42.0 Å². The molecular formula is C16H18F3N3O5S. The summed E-state index contributed by atoms with van der Waals surface area (Å²) in [6.07, 6.45) is -3.47. The SMILES string of the molecule is Cn1cc(S(=O)(=O)NCc2ccc(COCC(F)(F)F)cc2)c(=O)n(C)c1=O.